The fourth-order valence-electron chi connectivity index (χ4n) is 3.14. The van der Waals surface area contributed by atoms with Gasteiger partial charge in [0.25, 0.3) is 0 Å². The maximum atomic E-state index is 5.44. The lowest BCUT2D eigenvalue weighted by molar-refractivity contribution is 0.0211. The van der Waals surface area contributed by atoms with Gasteiger partial charge in [-0.3, -0.25) is 9.89 Å². The maximum absolute atomic E-state index is 5.44. The van der Waals surface area contributed by atoms with Gasteiger partial charge < -0.3 is 20.1 Å². The molecule has 0 aromatic heterocycles. The normalized spacial score (nSPS) is 17.4. The minimum absolute atomic E-state index is 0.0511. The number of rotatable bonds is 8. The molecule has 0 radical (unpaired) electrons. The average molecular weight is 377 g/mol. The van der Waals surface area contributed by atoms with Crippen LogP contribution < -0.4 is 15.4 Å². The summed E-state index contributed by atoms with van der Waals surface area (Å²) < 4.78 is 10.7. The van der Waals surface area contributed by atoms with Gasteiger partial charge in [-0.1, -0.05) is 26.0 Å². The van der Waals surface area contributed by atoms with E-state index >= 15 is 0 Å². The van der Waals surface area contributed by atoms with Gasteiger partial charge in [-0.15, -0.1) is 0 Å². The first-order chi connectivity index (χ1) is 13.0. The largest absolute Gasteiger partial charge is 0.497 e. The van der Waals surface area contributed by atoms with Crippen LogP contribution >= 0.6 is 0 Å². The van der Waals surface area contributed by atoms with Crippen molar-refractivity contribution in [3.8, 4) is 5.75 Å². The number of nitrogens with one attached hydrogen (secondary N) is 2. The molecule has 6 heteroatoms. The quantitative estimate of drug-likeness (QED) is 0.538. The minimum atomic E-state index is -0.0511. The Bertz CT molecular complexity index is 580. The molecule has 1 aromatic carbocycles. The molecule has 0 saturated carbocycles. The third-order valence-corrected chi connectivity index (χ3v) is 5.08. The molecule has 2 N–H and O–H groups in total. The molecule has 0 bridgehead atoms. The topological polar surface area (TPSA) is 58.1 Å². The molecule has 0 aliphatic carbocycles. The molecule has 152 valence electrons. The highest BCUT2D eigenvalue weighted by molar-refractivity contribution is 5.79. The van der Waals surface area contributed by atoms with Gasteiger partial charge in [0.2, 0.25) is 0 Å². The zero-order valence-electron chi connectivity index (χ0n) is 17.5. The van der Waals surface area contributed by atoms with Crippen LogP contribution in [0.4, 0.5) is 0 Å². The van der Waals surface area contributed by atoms with Crippen LogP contribution in [0.1, 0.15) is 33.3 Å². The van der Waals surface area contributed by atoms with Gasteiger partial charge in [0.15, 0.2) is 5.96 Å². The molecular weight excluding hydrogens is 340 g/mol. The first kappa shape index (κ1) is 21.5. The van der Waals surface area contributed by atoms with E-state index in [1.807, 2.05) is 12.1 Å². The first-order valence-corrected chi connectivity index (χ1v) is 9.94. The van der Waals surface area contributed by atoms with E-state index in [-0.39, 0.29) is 5.41 Å². The number of benzene rings is 1. The highest BCUT2D eigenvalue weighted by atomic mass is 16.5. The molecule has 1 saturated heterocycles. The number of hydrogen-bond donors (Lipinski definition) is 2. The molecule has 1 atom stereocenters. The zero-order chi connectivity index (χ0) is 19.7. The first-order valence-electron chi connectivity index (χ1n) is 9.94. The average Bonchev–Trinajstić information content (AvgIpc) is 2.70. The van der Waals surface area contributed by atoms with Crippen LogP contribution in [-0.2, 0) is 10.2 Å². The van der Waals surface area contributed by atoms with Gasteiger partial charge in [0, 0.05) is 37.6 Å². The van der Waals surface area contributed by atoms with E-state index in [1.54, 1.807) is 7.11 Å². The molecule has 1 aliphatic heterocycles. The SMILES string of the molecule is CCNC(=NCC(C)(C)c1ccc(OC)cc1)NCC(C)N1CCOCC1. The third-order valence-electron chi connectivity index (χ3n) is 5.08. The van der Waals surface area contributed by atoms with Crippen LogP contribution in [0.15, 0.2) is 29.3 Å². The van der Waals surface area contributed by atoms with Crippen LogP contribution in [0, 0.1) is 0 Å². The summed E-state index contributed by atoms with van der Waals surface area (Å²) in [4.78, 5) is 7.30. The lowest BCUT2D eigenvalue weighted by Crippen LogP contribution is -2.49. The highest BCUT2D eigenvalue weighted by Crippen LogP contribution is 2.25. The summed E-state index contributed by atoms with van der Waals surface area (Å²) in [5.41, 5.74) is 1.20. The van der Waals surface area contributed by atoms with Crippen molar-refractivity contribution in [3.63, 3.8) is 0 Å². The van der Waals surface area contributed by atoms with Crippen molar-refractivity contribution >= 4 is 5.96 Å². The Morgan fingerprint density at radius 3 is 2.48 bits per heavy atom. The van der Waals surface area contributed by atoms with E-state index in [9.17, 15) is 0 Å². The Labute approximate surface area is 164 Å². The maximum Gasteiger partial charge on any atom is 0.191 e. The molecule has 2 rings (SSSR count). The van der Waals surface area contributed by atoms with Gasteiger partial charge in [-0.2, -0.15) is 0 Å². The van der Waals surface area contributed by atoms with Crippen molar-refractivity contribution < 1.29 is 9.47 Å². The Morgan fingerprint density at radius 1 is 1.22 bits per heavy atom. The fraction of sp³-hybridized carbons (Fsp3) is 0.667. The lowest BCUT2D eigenvalue weighted by atomic mass is 9.85. The van der Waals surface area contributed by atoms with Crippen molar-refractivity contribution in [1.82, 2.24) is 15.5 Å². The second kappa shape index (κ2) is 10.5. The summed E-state index contributed by atoms with van der Waals surface area (Å²) in [5, 5.41) is 6.86. The molecule has 0 spiro atoms. The predicted molar refractivity (Wildman–Crippen MR) is 112 cm³/mol. The smallest absolute Gasteiger partial charge is 0.191 e. The van der Waals surface area contributed by atoms with E-state index in [0.29, 0.717) is 12.6 Å². The van der Waals surface area contributed by atoms with E-state index in [1.165, 1.54) is 5.56 Å². The molecule has 0 amide bonds. The fourth-order valence-corrected chi connectivity index (χ4v) is 3.14. The van der Waals surface area contributed by atoms with Gasteiger partial charge in [0.05, 0.1) is 26.9 Å². The summed E-state index contributed by atoms with van der Waals surface area (Å²) >= 11 is 0. The molecule has 1 aliphatic rings. The van der Waals surface area contributed by atoms with Crippen molar-refractivity contribution in [3.05, 3.63) is 29.8 Å². The van der Waals surface area contributed by atoms with Crippen LogP contribution in [0.5, 0.6) is 5.75 Å². The van der Waals surface area contributed by atoms with Crippen LogP contribution in [0.2, 0.25) is 0 Å². The second-order valence-corrected chi connectivity index (χ2v) is 7.69. The molecule has 1 aromatic rings. The highest BCUT2D eigenvalue weighted by Gasteiger charge is 2.21. The Kier molecular flexibility index (Phi) is 8.38. The van der Waals surface area contributed by atoms with E-state index in [0.717, 1.165) is 51.1 Å². The third kappa shape index (κ3) is 6.70. The standard InChI is InChI=1S/C21H36N4O2/c1-6-22-20(23-15-17(2)25-11-13-27-14-12-25)24-16-21(3,4)18-7-9-19(26-5)10-8-18/h7-10,17H,6,11-16H2,1-5H3,(H2,22,23,24). The van der Waals surface area contributed by atoms with Crippen molar-refractivity contribution in [2.24, 2.45) is 4.99 Å². The molecule has 1 unspecified atom stereocenters. The van der Waals surface area contributed by atoms with Gasteiger partial charge in [0.1, 0.15) is 5.75 Å². The summed E-state index contributed by atoms with van der Waals surface area (Å²) in [5.74, 6) is 1.75. The minimum Gasteiger partial charge on any atom is -0.497 e. The van der Waals surface area contributed by atoms with E-state index in [4.69, 9.17) is 14.5 Å². The van der Waals surface area contributed by atoms with Crippen LogP contribution in [0.25, 0.3) is 0 Å². The van der Waals surface area contributed by atoms with E-state index < -0.39 is 0 Å². The summed E-state index contributed by atoms with van der Waals surface area (Å²) in [6.45, 7) is 14.9. The summed E-state index contributed by atoms with van der Waals surface area (Å²) in [6.07, 6.45) is 0. The van der Waals surface area contributed by atoms with Crippen LogP contribution in [0.3, 0.4) is 0 Å². The molecule has 1 heterocycles. The number of ether oxygens (including phenoxy) is 2. The van der Waals surface area contributed by atoms with Crippen molar-refractivity contribution in [1.29, 1.82) is 0 Å². The summed E-state index contributed by atoms with van der Waals surface area (Å²) in [6, 6.07) is 8.71. The second-order valence-electron chi connectivity index (χ2n) is 7.69. The lowest BCUT2D eigenvalue weighted by Gasteiger charge is -2.32. The summed E-state index contributed by atoms with van der Waals surface area (Å²) in [7, 11) is 1.69. The van der Waals surface area contributed by atoms with Crippen molar-refractivity contribution in [2.75, 3.05) is 53.0 Å². The van der Waals surface area contributed by atoms with Crippen LogP contribution in [-0.4, -0.2) is 69.9 Å². The number of nitrogens with zero attached hydrogens (tertiary/aromatic N) is 2. The number of aliphatic imine (C=N–C) groups is 1. The Morgan fingerprint density at radius 2 is 1.89 bits per heavy atom. The van der Waals surface area contributed by atoms with Gasteiger partial charge >= 0.3 is 0 Å². The monoisotopic (exact) mass is 376 g/mol. The molecule has 27 heavy (non-hydrogen) atoms. The predicted octanol–water partition coefficient (Wildman–Crippen LogP) is 2.25. The van der Waals surface area contributed by atoms with Gasteiger partial charge in [-0.25, -0.2) is 0 Å². The number of guanidine groups is 1. The molecule has 1 fully saturated rings. The van der Waals surface area contributed by atoms with Gasteiger partial charge in [-0.05, 0) is 31.5 Å². The number of hydrogen-bond acceptors (Lipinski definition) is 4. The molecular formula is C21H36N4O2. The zero-order valence-corrected chi connectivity index (χ0v) is 17.5. The Hall–Kier alpha value is -1.79. The molecule has 6 nitrogen and oxygen atoms in total. The van der Waals surface area contributed by atoms with Crippen molar-refractivity contribution in [2.45, 2.75) is 39.2 Å². The number of methoxy groups -OCH3 is 1. The van der Waals surface area contributed by atoms with E-state index in [2.05, 4.69) is 55.4 Å². The number of morpholine rings is 1. The Balaban J connectivity index is 1.94.